The molecule has 1 heterocycles. The number of methoxy groups -OCH3 is 1. The van der Waals surface area contributed by atoms with E-state index < -0.39 is 0 Å². The van der Waals surface area contributed by atoms with E-state index in [9.17, 15) is 0 Å². The van der Waals surface area contributed by atoms with E-state index >= 15 is 0 Å². The van der Waals surface area contributed by atoms with Gasteiger partial charge in [0.05, 0.1) is 23.7 Å². The average molecular weight is 221 g/mol. The Kier molecular flexibility index (Phi) is 3.74. The van der Waals surface area contributed by atoms with Gasteiger partial charge in [-0.15, -0.1) is 0 Å². The highest BCUT2D eigenvalue weighted by atomic mass is 16.5. The van der Waals surface area contributed by atoms with Crippen LogP contribution in [0.5, 0.6) is 0 Å². The second kappa shape index (κ2) is 5.27. The third-order valence-corrected chi connectivity index (χ3v) is 3.15. The van der Waals surface area contributed by atoms with Crippen LogP contribution in [0.2, 0.25) is 0 Å². The second-order valence-corrected chi connectivity index (χ2v) is 4.28. The smallest absolute Gasteiger partial charge is 0.0724 e. The summed E-state index contributed by atoms with van der Waals surface area (Å²) in [6, 6.07) is 4.30. The molecule has 1 aliphatic rings. The molecule has 1 aromatic rings. The molecule has 3 N–H and O–H groups in total. The minimum absolute atomic E-state index is 0.355. The van der Waals surface area contributed by atoms with Crippen molar-refractivity contribution < 1.29 is 4.74 Å². The zero-order valence-corrected chi connectivity index (χ0v) is 9.65. The van der Waals surface area contributed by atoms with Gasteiger partial charge in [0.2, 0.25) is 0 Å². The quantitative estimate of drug-likeness (QED) is 0.805. The summed E-state index contributed by atoms with van der Waals surface area (Å²) in [5.74, 6) is 0. The van der Waals surface area contributed by atoms with Crippen molar-refractivity contribution in [2.75, 3.05) is 12.8 Å². The molecule has 16 heavy (non-hydrogen) atoms. The maximum Gasteiger partial charge on any atom is 0.0724 e. The van der Waals surface area contributed by atoms with Gasteiger partial charge in [-0.1, -0.05) is 0 Å². The highest BCUT2D eigenvalue weighted by Crippen LogP contribution is 2.21. The van der Waals surface area contributed by atoms with Crippen LogP contribution in [-0.4, -0.2) is 24.2 Å². The summed E-state index contributed by atoms with van der Waals surface area (Å²) >= 11 is 0. The van der Waals surface area contributed by atoms with Crippen LogP contribution >= 0.6 is 0 Å². The number of pyridine rings is 1. The number of hydrogen-bond donors (Lipinski definition) is 2. The van der Waals surface area contributed by atoms with Crippen molar-refractivity contribution in [2.45, 2.75) is 38.0 Å². The molecule has 2 rings (SSSR count). The molecule has 0 aliphatic heterocycles. The monoisotopic (exact) mass is 221 g/mol. The molecule has 1 saturated carbocycles. The van der Waals surface area contributed by atoms with Crippen LogP contribution in [0.25, 0.3) is 0 Å². The minimum atomic E-state index is 0.355. The predicted molar refractivity (Wildman–Crippen MR) is 63.9 cm³/mol. The lowest BCUT2D eigenvalue weighted by atomic mass is 10.2. The van der Waals surface area contributed by atoms with Gasteiger partial charge in [0, 0.05) is 19.7 Å². The summed E-state index contributed by atoms with van der Waals surface area (Å²) in [6.45, 7) is 0.783. The predicted octanol–water partition coefficient (Wildman–Crippen LogP) is 1.32. The van der Waals surface area contributed by atoms with Crippen LogP contribution in [0.4, 0.5) is 5.69 Å². The highest BCUT2D eigenvalue weighted by molar-refractivity contribution is 5.34. The topological polar surface area (TPSA) is 60.2 Å². The largest absolute Gasteiger partial charge is 0.397 e. The first kappa shape index (κ1) is 11.4. The number of nitrogens with two attached hydrogens (primary N) is 1. The molecular formula is C12H19N3O. The number of rotatable bonds is 4. The van der Waals surface area contributed by atoms with E-state index in [1.165, 1.54) is 12.8 Å². The Hall–Kier alpha value is -1.13. The van der Waals surface area contributed by atoms with Gasteiger partial charge in [-0.25, -0.2) is 0 Å². The molecule has 0 aromatic carbocycles. The summed E-state index contributed by atoms with van der Waals surface area (Å²) in [5.41, 5.74) is 7.32. The maximum atomic E-state index is 5.59. The van der Waals surface area contributed by atoms with Crippen LogP contribution in [0.1, 0.15) is 25.0 Å². The van der Waals surface area contributed by atoms with Crippen molar-refractivity contribution in [3.8, 4) is 0 Å². The van der Waals surface area contributed by atoms with Gasteiger partial charge in [0.15, 0.2) is 0 Å². The normalized spacial score (nSPS) is 24.8. The van der Waals surface area contributed by atoms with Gasteiger partial charge in [-0.2, -0.15) is 0 Å². The number of nitrogens with one attached hydrogen (secondary N) is 1. The lowest BCUT2D eigenvalue weighted by Crippen LogP contribution is -2.36. The van der Waals surface area contributed by atoms with Crippen LogP contribution in [0.15, 0.2) is 18.3 Å². The lowest BCUT2D eigenvalue weighted by Gasteiger charge is -2.19. The maximum absolute atomic E-state index is 5.59. The van der Waals surface area contributed by atoms with E-state index in [0.717, 1.165) is 18.7 Å². The van der Waals surface area contributed by atoms with E-state index in [-0.39, 0.29) is 0 Å². The summed E-state index contributed by atoms with van der Waals surface area (Å²) < 4.78 is 5.43. The number of aromatic nitrogens is 1. The standard InChI is InChI=1S/C12H19N3O/c1-16-12-4-2-3-11(12)15-8-10-6-5-9(13)7-14-10/h5-7,11-12,15H,2-4,8,13H2,1H3. The molecule has 1 aromatic heterocycles. The fourth-order valence-corrected chi connectivity index (χ4v) is 2.22. The number of ether oxygens (including phenoxy) is 1. The van der Waals surface area contributed by atoms with Crippen LogP contribution in [-0.2, 0) is 11.3 Å². The van der Waals surface area contributed by atoms with Gasteiger partial charge in [-0.05, 0) is 31.4 Å². The molecule has 1 aliphatic carbocycles. The summed E-state index contributed by atoms with van der Waals surface area (Å²) in [4.78, 5) is 4.26. The zero-order valence-electron chi connectivity index (χ0n) is 9.65. The second-order valence-electron chi connectivity index (χ2n) is 4.28. The number of nitrogen functional groups attached to an aromatic ring is 1. The minimum Gasteiger partial charge on any atom is -0.397 e. The molecule has 0 spiro atoms. The summed E-state index contributed by atoms with van der Waals surface area (Å²) in [6.07, 6.45) is 5.63. The van der Waals surface area contributed by atoms with E-state index in [2.05, 4.69) is 10.3 Å². The lowest BCUT2D eigenvalue weighted by molar-refractivity contribution is 0.0846. The molecule has 2 unspecified atom stereocenters. The van der Waals surface area contributed by atoms with Crippen molar-refractivity contribution in [3.05, 3.63) is 24.0 Å². The third-order valence-electron chi connectivity index (χ3n) is 3.15. The van der Waals surface area contributed by atoms with Crippen molar-refractivity contribution in [1.82, 2.24) is 10.3 Å². The Bertz CT molecular complexity index is 326. The van der Waals surface area contributed by atoms with Crippen molar-refractivity contribution in [1.29, 1.82) is 0 Å². The first-order chi connectivity index (χ1) is 7.79. The van der Waals surface area contributed by atoms with Gasteiger partial charge < -0.3 is 15.8 Å². The molecule has 4 nitrogen and oxygen atoms in total. The first-order valence-electron chi connectivity index (χ1n) is 5.76. The SMILES string of the molecule is COC1CCCC1NCc1ccc(N)cn1. The molecule has 0 amide bonds. The molecule has 0 bridgehead atoms. The van der Waals surface area contributed by atoms with Crippen molar-refractivity contribution >= 4 is 5.69 Å². The third kappa shape index (κ3) is 2.71. The Balaban J connectivity index is 1.85. The Morgan fingerprint density at radius 2 is 2.38 bits per heavy atom. The van der Waals surface area contributed by atoms with Crippen molar-refractivity contribution in [2.24, 2.45) is 0 Å². The van der Waals surface area contributed by atoms with Gasteiger partial charge >= 0.3 is 0 Å². The molecule has 2 atom stereocenters. The fraction of sp³-hybridized carbons (Fsp3) is 0.583. The Morgan fingerprint density at radius 3 is 3.06 bits per heavy atom. The van der Waals surface area contributed by atoms with Crippen LogP contribution in [0, 0.1) is 0 Å². The van der Waals surface area contributed by atoms with Gasteiger partial charge in [0.1, 0.15) is 0 Å². The Morgan fingerprint density at radius 1 is 1.50 bits per heavy atom. The van der Waals surface area contributed by atoms with E-state index in [1.54, 1.807) is 13.3 Å². The highest BCUT2D eigenvalue weighted by Gasteiger charge is 2.26. The van der Waals surface area contributed by atoms with E-state index in [4.69, 9.17) is 10.5 Å². The molecule has 4 heteroatoms. The molecule has 1 fully saturated rings. The number of anilines is 1. The molecule has 0 saturated heterocycles. The number of nitrogens with zero attached hydrogens (tertiary/aromatic N) is 1. The van der Waals surface area contributed by atoms with Crippen LogP contribution in [0.3, 0.4) is 0 Å². The molecule has 0 radical (unpaired) electrons. The zero-order chi connectivity index (χ0) is 11.4. The fourth-order valence-electron chi connectivity index (χ4n) is 2.22. The van der Waals surface area contributed by atoms with Crippen molar-refractivity contribution in [3.63, 3.8) is 0 Å². The Labute approximate surface area is 96.2 Å². The van der Waals surface area contributed by atoms with Gasteiger partial charge in [0.25, 0.3) is 0 Å². The molecule has 88 valence electrons. The summed E-state index contributed by atoms with van der Waals surface area (Å²) in [7, 11) is 1.78. The van der Waals surface area contributed by atoms with E-state index in [1.807, 2.05) is 12.1 Å². The van der Waals surface area contributed by atoms with Crippen LogP contribution < -0.4 is 11.1 Å². The number of hydrogen-bond acceptors (Lipinski definition) is 4. The van der Waals surface area contributed by atoms with Gasteiger partial charge in [-0.3, -0.25) is 4.98 Å². The van der Waals surface area contributed by atoms with E-state index in [0.29, 0.717) is 17.8 Å². The average Bonchev–Trinajstić information content (AvgIpc) is 2.76. The molecular weight excluding hydrogens is 202 g/mol. The first-order valence-corrected chi connectivity index (χ1v) is 5.76. The summed E-state index contributed by atoms with van der Waals surface area (Å²) in [5, 5.41) is 3.49.